The van der Waals surface area contributed by atoms with E-state index in [1.807, 2.05) is 30.5 Å². The molecule has 0 aliphatic rings. The van der Waals surface area contributed by atoms with Crippen LogP contribution in [0.15, 0.2) is 30.5 Å². The van der Waals surface area contributed by atoms with Gasteiger partial charge in [-0.3, -0.25) is 0 Å². The Balaban J connectivity index is 2.33. The van der Waals surface area contributed by atoms with Crippen LogP contribution in [0.25, 0.3) is 0 Å². The quantitative estimate of drug-likeness (QED) is 0.823. The molecule has 5 nitrogen and oxygen atoms in total. The summed E-state index contributed by atoms with van der Waals surface area (Å²) >= 11 is 1.50. The highest BCUT2D eigenvalue weighted by Gasteiger charge is 2.20. The van der Waals surface area contributed by atoms with E-state index in [1.54, 1.807) is 0 Å². The zero-order chi connectivity index (χ0) is 17.9. The smallest absolute Gasteiger partial charge is 0.325 e. The lowest BCUT2D eigenvalue weighted by atomic mass is 10.2. The molecule has 0 spiro atoms. The third-order valence-electron chi connectivity index (χ3n) is 3.90. The Morgan fingerprint density at radius 3 is 2.17 bits per heavy atom. The highest BCUT2D eigenvalue weighted by Crippen LogP contribution is 2.33. The molecule has 0 aliphatic carbocycles. The molecule has 0 radical (unpaired) electrons. The topological polar surface area (TPSA) is 62.5 Å². The number of nitrogens with zero attached hydrogens (tertiary/aromatic N) is 3. The molecule has 130 valence electrons. The molecule has 0 atom stereocenters. The average Bonchev–Trinajstić information content (AvgIpc) is 2.98. The van der Waals surface area contributed by atoms with Crippen molar-refractivity contribution in [3.05, 3.63) is 35.3 Å². The monoisotopic (exact) mass is 346 g/mol. The average molecular weight is 346 g/mol. The highest BCUT2D eigenvalue weighted by molar-refractivity contribution is 7.15. The zero-order valence-corrected chi connectivity index (χ0v) is 15.8. The van der Waals surface area contributed by atoms with Crippen molar-refractivity contribution in [1.29, 1.82) is 0 Å². The summed E-state index contributed by atoms with van der Waals surface area (Å²) in [6.07, 6.45) is 1.81. The van der Waals surface area contributed by atoms with Gasteiger partial charge in [-0.15, -0.1) is 11.3 Å². The predicted octanol–water partition coefficient (Wildman–Crippen LogP) is 4.72. The Labute approximate surface area is 148 Å². The lowest BCUT2D eigenvalue weighted by Gasteiger charge is -2.28. The van der Waals surface area contributed by atoms with E-state index in [0.717, 1.165) is 22.8 Å². The van der Waals surface area contributed by atoms with E-state index in [0.29, 0.717) is 17.1 Å². The Kier molecular flexibility index (Phi) is 5.83. The van der Waals surface area contributed by atoms with Crippen molar-refractivity contribution in [2.24, 2.45) is 5.73 Å². The second kappa shape index (κ2) is 7.66. The van der Waals surface area contributed by atoms with Crippen LogP contribution in [-0.2, 0) is 0 Å². The van der Waals surface area contributed by atoms with Gasteiger partial charge in [0, 0.05) is 29.3 Å². The minimum absolute atomic E-state index is 0.373. The molecule has 1 aromatic carbocycles. The molecule has 0 fully saturated rings. The number of thiazole rings is 1. The number of urea groups is 1. The Hall–Kier alpha value is -2.08. The van der Waals surface area contributed by atoms with Crippen LogP contribution in [0.5, 0.6) is 0 Å². The van der Waals surface area contributed by atoms with E-state index in [-0.39, 0.29) is 0 Å². The summed E-state index contributed by atoms with van der Waals surface area (Å²) in [6.45, 7) is 11.6. The number of primary amides is 1. The van der Waals surface area contributed by atoms with Gasteiger partial charge < -0.3 is 10.6 Å². The van der Waals surface area contributed by atoms with Crippen LogP contribution in [0.4, 0.5) is 21.3 Å². The van der Waals surface area contributed by atoms with Gasteiger partial charge in [-0.1, -0.05) is 13.8 Å². The van der Waals surface area contributed by atoms with Crippen LogP contribution in [-0.4, -0.2) is 23.6 Å². The van der Waals surface area contributed by atoms with Crippen molar-refractivity contribution in [3.8, 4) is 0 Å². The summed E-state index contributed by atoms with van der Waals surface area (Å²) in [5.74, 6) is 0.373. The number of benzene rings is 1. The van der Waals surface area contributed by atoms with Gasteiger partial charge >= 0.3 is 6.03 Å². The van der Waals surface area contributed by atoms with Crippen LogP contribution in [0.3, 0.4) is 0 Å². The Morgan fingerprint density at radius 2 is 1.75 bits per heavy atom. The van der Waals surface area contributed by atoms with E-state index < -0.39 is 6.03 Å². The van der Waals surface area contributed by atoms with Crippen LogP contribution in [0.2, 0.25) is 0 Å². The molecule has 2 rings (SSSR count). The fourth-order valence-electron chi connectivity index (χ4n) is 2.62. The van der Waals surface area contributed by atoms with E-state index in [9.17, 15) is 4.79 Å². The molecule has 6 heteroatoms. The maximum absolute atomic E-state index is 12.0. The second-order valence-corrected chi connectivity index (χ2v) is 7.31. The van der Waals surface area contributed by atoms with Gasteiger partial charge in [-0.25, -0.2) is 14.7 Å². The molecule has 1 heterocycles. The van der Waals surface area contributed by atoms with Crippen LogP contribution < -0.4 is 15.5 Å². The van der Waals surface area contributed by atoms with Gasteiger partial charge in [0.15, 0.2) is 5.13 Å². The maximum Gasteiger partial charge on any atom is 0.325 e. The third-order valence-corrected chi connectivity index (χ3v) is 5.18. The Morgan fingerprint density at radius 1 is 1.17 bits per heavy atom. The van der Waals surface area contributed by atoms with Crippen LogP contribution in [0, 0.1) is 0 Å². The molecule has 0 bridgehead atoms. The van der Waals surface area contributed by atoms with Crippen LogP contribution >= 0.6 is 11.3 Å². The number of carbonyl (C=O) groups excluding carboxylic acids is 1. The van der Waals surface area contributed by atoms with Gasteiger partial charge in [-0.05, 0) is 51.0 Å². The number of anilines is 3. The first-order valence-corrected chi connectivity index (χ1v) is 9.08. The third kappa shape index (κ3) is 3.87. The number of rotatable bonds is 6. The fraction of sp³-hybridized carbons (Fsp3) is 0.444. The lowest BCUT2D eigenvalue weighted by Crippen LogP contribution is -2.32. The first kappa shape index (κ1) is 18.3. The predicted molar refractivity (Wildman–Crippen MR) is 103 cm³/mol. The fourth-order valence-corrected chi connectivity index (χ4v) is 3.56. The van der Waals surface area contributed by atoms with Gasteiger partial charge in [-0.2, -0.15) is 0 Å². The van der Waals surface area contributed by atoms with E-state index in [4.69, 9.17) is 5.73 Å². The van der Waals surface area contributed by atoms with Crippen molar-refractivity contribution in [2.75, 3.05) is 16.3 Å². The number of hydrogen-bond donors (Lipinski definition) is 1. The van der Waals surface area contributed by atoms with E-state index >= 15 is 0 Å². The molecule has 24 heavy (non-hydrogen) atoms. The summed E-state index contributed by atoms with van der Waals surface area (Å²) in [7, 11) is 0. The summed E-state index contributed by atoms with van der Waals surface area (Å²) in [5, 5.41) is 0.607. The molecular formula is C18H26N4OS. The normalized spacial score (nSPS) is 11.1. The number of amides is 2. The molecule has 1 aromatic heterocycles. The summed E-state index contributed by atoms with van der Waals surface area (Å²) < 4.78 is 0. The molecular weight excluding hydrogens is 320 g/mol. The molecule has 2 amide bonds. The van der Waals surface area contributed by atoms with Gasteiger partial charge in [0.2, 0.25) is 0 Å². The van der Waals surface area contributed by atoms with Crippen molar-refractivity contribution in [2.45, 2.75) is 46.6 Å². The van der Waals surface area contributed by atoms with Crippen molar-refractivity contribution >= 4 is 33.9 Å². The standard InChI is InChI=1S/C18H26N4OS/c1-6-21(13(4)5)14-7-9-15(10-8-14)22(17(19)23)18-20-11-16(24-18)12(2)3/h7-13H,6H2,1-5H3,(H2,19,23). The number of carbonyl (C=O) groups is 1. The molecule has 0 aliphatic heterocycles. The van der Waals surface area contributed by atoms with Gasteiger partial charge in [0.1, 0.15) is 0 Å². The maximum atomic E-state index is 12.0. The van der Waals surface area contributed by atoms with E-state index in [1.165, 1.54) is 16.2 Å². The zero-order valence-electron chi connectivity index (χ0n) is 15.0. The second-order valence-electron chi connectivity index (χ2n) is 6.27. The minimum atomic E-state index is -0.524. The summed E-state index contributed by atoms with van der Waals surface area (Å²) in [4.78, 5) is 21.2. The molecule has 0 saturated carbocycles. The van der Waals surface area contributed by atoms with Crippen molar-refractivity contribution in [1.82, 2.24) is 4.98 Å². The highest BCUT2D eigenvalue weighted by atomic mass is 32.1. The van der Waals surface area contributed by atoms with Gasteiger partial charge in [0.05, 0.1) is 5.69 Å². The van der Waals surface area contributed by atoms with Crippen molar-refractivity contribution < 1.29 is 4.79 Å². The van der Waals surface area contributed by atoms with E-state index in [2.05, 4.69) is 44.5 Å². The largest absolute Gasteiger partial charge is 0.369 e. The summed E-state index contributed by atoms with van der Waals surface area (Å²) in [6, 6.07) is 7.77. The molecule has 2 aromatic rings. The molecule has 0 unspecified atom stereocenters. The minimum Gasteiger partial charge on any atom is -0.369 e. The number of hydrogen-bond acceptors (Lipinski definition) is 4. The molecule has 0 saturated heterocycles. The lowest BCUT2D eigenvalue weighted by molar-refractivity contribution is 0.256. The Bertz CT molecular complexity index is 679. The summed E-state index contributed by atoms with van der Waals surface area (Å²) in [5.41, 5.74) is 7.46. The first-order chi connectivity index (χ1) is 11.3. The van der Waals surface area contributed by atoms with Crippen LogP contribution in [0.1, 0.15) is 45.4 Å². The first-order valence-electron chi connectivity index (χ1n) is 8.27. The molecule has 2 N–H and O–H groups in total. The van der Waals surface area contributed by atoms with Crippen molar-refractivity contribution in [3.63, 3.8) is 0 Å². The number of nitrogens with two attached hydrogens (primary N) is 1. The number of aromatic nitrogens is 1. The van der Waals surface area contributed by atoms with Gasteiger partial charge in [0.25, 0.3) is 0 Å². The SMILES string of the molecule is CCN(c1ccc(N(C(N)=O)c2ncc(C(C)C)s2)cc1)C(C)C.